The van der Waals surface area contributed by atoms with Crippen molar-refractivity contribution in [3.05, 3.63) is 54.6 Å². The molecule has 0 radical (unpaired) electrons. The third-order valence-corrected chi connectivity index (χ3v) is 2.62. The summed E-state index contributed by atoms with van der Waals surface area (Å²) >= 11 is 0. The first-order valence-corrected chi connectivity index (χ1v) is 5.60. The number of methoxy groups -OCH3 is 1. The SMILES string of the molecule is C=CC(=O)Oc1ccc2cc(C(=O)OC)ccc2c1. The third kappa shape index (κ3) is 2.80. The van der Waals surface area contributed by atoms with Crippen LogP contribution < -0.4 is 4.74 Å². The van der Waals surface area contributed by atoms with E-state index in [1.807, 2.05) is 0 Å². The lowest BCUT2D eigenvalue weighted by Crippen LogP contribution is -2.03. The second-order valence-corrected chi connectivity index (χ2v) is 3.84. The van der Waals surface area contributed by atoms with Crippen molar-refractivity contribution in [1.82, 2.24) is 0 Å². The van der Waals surface area contributed by atoms with Crippen molar-refractivity contribution in [2.45, 2.75) is 0 Å². The Morgan fingerprint density at radius 1 is 1.11 bits per heavy atom. The second-order valence-electron chi connectivity index (χ2n) is 3.84. The van der Waals surface area contributed by atoms with E-state index in [2.05, 4.69) is 11.3 Å². The first kappa shape index (κ1) is 12.8. The van der Waals surface area contributed by atoms with E-state index in [1.54, 1.807) is 36.4 Å². The molecule has 0 bridgehead atoms. The minimum atomic E-state index is -0.509. The maximum absolute atomic E-state index is 11.4. The van der Waals surface area contributed by atoms with Gasteiger partial charge in [-0.15, -0.1) is 0 Å². The molecule has 0 aliphatic rings. The molecule has 0 aliphatic carbocycles. The van der Waals surface area contributed by atoms with Crippen molar-refractivity contribution in [2.75, 3.05) is 7.11 Å². The van der Waals surface area contributed by atoms with Gasteiger partial charge >= 0.3 is 11.9 Å². The zero-order chi connectivity index (χ0) is 13.8. The summed E-state index contributed by atoms with van der Waals surface area (Å²) in [6, 6.07) is 10.3. The third-order valence-electron chi connectivity index (χ3n) is 2.62. The lowest BCUT2D eigenvalue weighted by atomic mass is 10.1. The molecule has 2 rings (SSSR count). The molecule has 96 valence electrons. The van der Waals surface area contributed by atoms with E-state index < -0.39 is 5.97 Å². The molecule has 0 heterocycles. The predicted octanol–water partition coefficient (Wildman–Crippen LogP) is 2.72. The van der Waals surface area contributed by atoms with Gasteiger partial charge in [-0.2, -0.15) is 0 Å². The highest BCUT2D eigenvalue weighted by Gasteiger charge is 2.07. The molecule has 0 spiro atoms. The molecule has 0 aromatic heterocycles. The maximum Gasteiger partial charge on any atom is 0.337 e. The van der Waals surface area contributed by atoms with Crippen LogP contribution in [0.5, 0.6) is 5.75 Å². The van der Waals surface area contributed by atoms with Gasteiger partial charge in [-0.25, -0.2) is 9.59 Å². The fourth-order valence-electron chi connectivity index (χ4n) is 1.69. The van der Waals surface area contributed by atoms with Gasteiger partial charge in [-0.05, 0) is 35.0 Å². The van der Waals surface area contributed by atoms with Gasteiger partial charge < -0.3 is 9.47 Å². The molecule has 2 aromatic rings. The normalized spacial score (nSPS) is 9.95. The van der Waals surface area contributed by atoms with Crippen molar-refractivity contribution in [1.29, 1.82) is 0 Å². The van der Waals surface area contributed by atoms with Crippen molar-refractivity contribution in [3.8, 4) is 5.75 Å². The lowest BCUT2D eigenvalue weighted by Gasteiger charge is -2.05. The summed E-state index contributed by atoms with van der Waals surface area (Å²) in [5.74, 6) is -0.460. The highest BCUT2D eigenvalue weighted by molar-refractivity contribution is 5.96. The van der Waals surface area contributed by atoms with Crippen LogP contribution in [-0.2, 0) is 9.53 Å². The number of rotatable bonds is 3. The van der Waals surface area contributed by atoms with Crippen molar-refractivity contribution >= 4 is 22.7 Å². The molecule has 0 saturated carbocycles. The van der Waals surface area contributed by atoms with Crippen LogP contribution in [0, 0.1) is 0 Å². The standard InChI is InChI=1S/C15H12O4/c1-3-14(16)19-13-7-6-10-8-12(15(17)18-2)5-4-11(10)9-13/h3-9H,1H2,2H3. The van der Waals surface area contributed by atoms with Crippen LogP contribution in [0.1, 0.15) is 10.4 Å². The molecule has 0 aliphatic heterocycles. The van der Waals surface area contributed by atoms with Crippen LogP contribution in [0.15, 0.2) is 49.1 Å². The Bertz CT molecular complexity index is 658. The van der Waals surface area contributed by atoms with Gasteiger partial charge in [0, 0.05) is 6.08 Å². The second kappa shape index (κ2) is 5.35. The predicted molar refractivity (Wildman–Crippen MR) is 71.1 cm³/mol. The fourth-order valence-corrected chi connectivity index (χ4v) is 1.69. The smallest absolute Gasteiger partial charge is 0.337 e. The minimum absolute atomic E-state index is 0.385. The molecule has 2 aromatic carbocycles. The summed E-state index contributed by atoms with van der Waals surface area (Å²) < 4.78 is 9.68. The van der Waals surface area contributed by atoms with E-state index in [-0.39, 0.29) is 5.97 Å². The molecule has 0 unspecified atom stereocenters. The van der Waals surface area contributed by atoms with Crippen molar-refractivity contribution in [2.24, 2.45) is 0 Å². The largest absolute Gasteiger partial charge is 0.465 e. The van der Waals surface area contributed by atoms with E-state index in [1.165, 1.54) is 7.11 Å². The number of carbonyl (C=O) groups excluding carboxylic acids is 2. The summed E-state index contributed by atoms with van der Waals surface area (Å²) in [7, 11) is 1.34. The number of esters is 2. The molecule has 0 saturated heterocycles. The van der Waals surface area contributed by atoms with Gasteiger partial charge in [0.1, 0.15) is 5.75 Å². The lowest BCUT2D eigenvalue weighted by molar-refractivity contribution is -0.128. The number of fused-ring (bicyclic) bond motifs is 1. The number of benzene rings is 2. The van der Waals surface area contributed by atoms with E-state index in [9.17, 15) is 9.59 Å². The van der Waals surface area contributed by atoms with Gasteiger partial charge in [0.25, 0.3) is 0 Å². The average Bonchev–Trinajstić information content (AvgIpc) is 2.45. The molecule has 0 N–H and O–H groups in total. The number of hydrogen-bond donors (Lipinski definition) is 0. The Hall–Kier alpha value is -2.62. The van der Waals surface area contributed by atoms with Gasteiger partial charge in [0.15, 0.2) is 0 Å². The summed E-state index contributed by atoms with van der Waals surface area (Å²) in [6.07, 6.45) is 1.10. The average molecular weight is 256 g/mol. The first-order valence-electron chi connectivity index (χ1n) is 5.60. The van der Waals surface area contributed by atoms with Gasteiger partial charge in [0.05, 0.1) is 12.7 Å². The summed E-state index contributed by atoms with van der Waals surface area (Å²) in [6.45, 7) is 3.33. The van der Waals surface area contributed by atoms with Gasteiger partial charge in [-0.3, -0.25) is 0 Å². The fraction of sp³-hybridized carbons (Fsp3) is 0.0667. The summed E-state index contributed by atoms with van der Waals surface area (Å²) in [5.41, 5.74) is 0.478. The monoisotopic (exact) mass is 256 g/mol. The Balaban J connectivity index is 2.37. The van der Waals surface area contributed by atoms with Crippen LogP contribution >= 0.6 is 0 Å². The highest BCUT2D eigenvalue weighted by atomic mass is 16.5. The zero-order valence-corrected chi connectivity index (χ0v) is 10.4. The molecule has 4 nitrogen and oxygen atoms in total. The molecular weight excluding hydrogens is 244 g/mol. The van der Waals surface area contributed by atoms with Crippen LogP contribution in [0.4, 0.5) is 0 Å². The number of hydrogen-bond acceptors (Lipinski definition) is 4. The van der Waals surface area contributed by atoms with Crippen LogP contribution in [0.2, 0.25) is 0 Å². The Kier molecular flexibility index (Phi) is 3.61. The Labute approximate surface area is 110 Å². The molecule has 0 atom stereocenters. The van der Waals surface area contributed by atoms with Crippen molar-refractivity contribution in [3.63, 3.8) is 0 Å². The molecular formula is C15H12O4. The molecule has 0 fully saturated rings. The van der Waals surface area contributed by atoms with E-state index in [4.69, 9.17) is 4.74 Å². The molecule has 0 amide bonds. The van der Waals surface area contributed by atoms with Crippen LogP contribution in [-0.4, -0.2) is 19.0 Å². The van der Waals surface area contributed by atoms with E-state index in [0.717, 1.165) is 16.8 Å². The van der Waals surface area contributed by atoms with Crippen molar-refractivity contribution < 1.29 is 19.1 Å². The topological polar surface area (TPSA) is 52.6 Å². The van der Waals surface area contributed by atoms with E-state index in [0.29, 0.717) is 11.3 Å². The quantitative estimate of drug-likeness (QED) is 0.481. The van der Waals surface area contributed by atoms with Crippen LogP contribution in [0.3, 0.4) is 0 Å². The van der Waals surface area contributed by atoms with Crippen LogP contribution in [0.25, 0.3) is 10.8 Å². The first-order chi connectivity index (χ1) is 9.13. The summed E-state index contributed by atoms with van der Waals surface area (Å²) in [4.78, 5) is 22.5. The van der Waals surface area contributed by atoms with Gasteiger partial charge in [-0.1, -0.05) is 18.7 Å². The minimum Gasteiger partial charge on any atom is -0.465 e. The zero-order valence-electron chi connectivity index (χ0n) is 10.4. The number of ether oxygens (including phenoxy) is 2. The van der Waals surface area contributed by atoms with E-state index >= 15 is 0 Å². The highest BCUT2D eigenvalue weighted by Crippen LogP contribution is 2.22. The molecule has 19 heavy (non-hydrogen) atoms. The maximum atomic E-state index is 11.4. The van der Waals surface area contributed by atoms with Gasteiger partial charge in [0.2, 0.25) is 0 Å². The Morgan fingerprint density at radius 2 is 1.79 bits per heavy atom. The Morgan fingerprint density at radius 3 is 2.47 bits per heavy atom. The number of carbonyl (C=O) groups is 2. The summed E-state index contributed by atoms with van der Waals surface area (Å²) in [5, 5.41) is 1.73. The molecule has 4 heteroatoms.